The summed E-state index contributed by atoms with van der Waals surface area (Å²) < 4.78 is 5.16. The summed E-state index contributed by atoms with van der Waals surface area (Å²) in [5.41, 5.74) is -0.370. The third-order valence-corrected chi connectivity index (χ3v) is 3.46. The Morgan fingerprint density at radius 1 is 1.32 bits per heavy atom. The number of carbonyl (C=O) groups is 1. The van der Waals surface area contributed by atoms with E-state index < -0.39 is 5.54 Å². The highest BCUT2D eigenvalue weighted by Gasteiger charge is 2.35. The van der Waals surface area contributed by atoms with Gasteiger partial charge in [0.1, 0.15) is 5.54 Å². The van der Waals surface area contributed by atoms with Crippen LogP contribution in [0, 0.1) is 5.41 Å². The van der Waals surface area contributed by atoms with Gasteiger partial charge in [0.05, 0.1) is 6.61 Å². The number of carbonyl (C=O) groups excluding carboxylic acids is 1. The van der Waals surface area contributed by atoms with Crippen LogP contribution < -0.4 is 5.32 Å². The largest absolute Gasteiger partial charge is 0.465 e. The molecule has 0 saturated heterocycles. The van der Waals surface area contributed by atoms with E-state index in [9.17, 15) is 4.79 Å². The molecule has 19 heavy (non-hydrogen) atoms. The molecule has 2 unspecified atom stereocenters. The summed E-state index contributed by atoms with van der Waals surface area (Å²) in [5, 5.41) is 3.11. The summed E-state index contributed by atoms with van der Waals surface area (Å²) in [6.45, 7) is 14.0. The standard InChI is InChI=1S/C15H32N2O2/c1-9-19-13(18)15(6,16-7)10-12(2)17(8)11-14(3,4)5/h12,16H,9-11H2,1-8H3. The number of esters is 1. The number of hydrogen-bond donors (Lipinski definition) is 1. The second-order valence-electron chi connectivity index (χ2n) is 6.83. The maximum absolute atomic E-state index is 12.0. The third kappa shape index (κ3) is 6.39. The van der Waals surface area contributed by atoms with E-state index in [1.165, 1.54) is 0 Å². The van der Waals surface area contributed by atoms with Gasteiger partial charge in [-0.3, -0.25) is 4.79 Å². The molecule has 0 rings (SSSR count). The van der Waals surface area contributed by atoms with Crippen LogP contribution in [-0.2, 0) is 9.53 Å². The lowest BCUT2D eigenvalue weighted by molar-refractivity contribution is -0.151. The molecule has 114 valence electrons. The van der Waals surface area contributed by atoms with Gasteiger partial charge >= 0.3 is 5.97 Å². The van der Waals surface area contributed by atoms with Gasteiger partial charge < -0.3 is 15.0 Å². The fraction of sp³-hybridized carbons (Fsp3) is 0.933. The van der Waals surface area contributed by atoms with Crippen molar-refractivity contribution >= 4 is 5.97 Å². The van der Waals surface area contributed by atoms with Crippen LogP contribution in [0.1, 0.15) is 48.0 Å². The molecule has 0 aliphatic carbocycles. The van der Waals surface area contributed by atoms with Crippen molar-refractivity contribution in [3.05, 3.63) is 0 Å². The van der Waals surface area contributed by atoms with E-state index in [-0.39, 0.29) is 11.4 Å². The van der Waals surface area contributed by atoms with Crippen LogP contribution in [0.3, 0.4) is 0 Å². The Labute approximate surface area is 118 Å². The van der Waals surface area contributed by atoms with Crippen LogP contribution >= 0.6 is 0 Å². The smallest absolute Gasteiger partial charge is 0.326 e. The van der Waals surface area contributed by atoms with E-state index in [0.29, 0.717) is 12.6 Å². The van der Waals surface area contributed by atoms with Crippen molar-refractivity contribution in [1.82, 2.24) is 10.2 Å². The van der Waals surface area contributed by atoms with Crippen LogP contribution in [0.15, 0.2) is 0 Å². The van der Waals surface area contributed by atoms with E-state index in [4.69, 9.17) is 4.74 Å². The fourth-order valence-electron chi connectivity index (χ4n) is 2.23. The van der Waals surface area contributed by atoms with Crippen LogP contribution in [-0.4, -0.2) is 49.7 Å². The van der Waals surface area contributed by atoms with Gasteiger partial charge in [-0.05, 0) is 46.7 Å². The van der Waals surface area contributed by atoms with Gasteiger partial charge in [-0.15, -0.1) is 0 Å². The number of hydrogen-bond acceptors (Lipinski definition) is 4. The van der Waals surface area contributed by atoms with Gasteiger partial charge in [0.25, 0.3) is 0 Å². The zero-order valence-corrected chi connectivity index (χ0v) is 14.0. The predicted molar refractivity (Wildman–Crippen MR) is 80.3 cm³/mol. The summed E-state index contributed by atoms with van der Waals surface area (Å²) in [7, 11) is 3.92. The molecular formula is C15H32N2O2. The molecule has 0 heterocycles. The lowest BCUT2D eigenvalue weighted by atomic mass is 9.91. The summed E-state index contributed by atoms with van der Waals surface area (Å²) in [4.78, 5) is 14.3. The van der Waals surface area contributed by atoms with Gasteiger partial charge in [0.2, 0.25) is 0 Å². The number of nitrogens with zero attached hydrogens (tertiary/aromatic N) is 1. The minimum atomic E-state index is -0.623. The number of likely N-dealkylation sites (N-methyl/N-ethyl adjacent to an activating group) is 1. The highest BCUT2D eigenvalue weighted by atomic mass is 16.5. The fourth-order valence-corrected chi connectivity index (χ4v) is 2.23. The van der Waals surface area contributed by atoms with Crippen molar-refractivity contribution in [2.24, 2.45) is 5.41 Å². The SMILES string of the molecule is CCOC(=O)C(C)(CC(C)N(C)CC(C)(C)C)NC. The van der Waals surface area contributed by atoms with E-state index in [1.54, 1.807) is 0 Å². The van der Waals surface area contributed by atoms with Gasteiger partial charge in [0, 0.05) is 12.6 Å². The molecule has 0 bridgehead atoms. The average molecular weight is 272 g/mol. The van der Waals surface area contributed by atoms with Crippen LogP contribution in [0.25, 0.3) is 0 Å². The molecule has 4 heteroatoms. The summed E-state index contributed by atoms with van der Waals surface area (Å²) >= 11 is 0. The molecule has 0 radical (unpaired) electrons. The zero-order chi connectivity index (χ0) is 15.3. The molecule has 0 aromatic carbocycles. The van der Waals surface area contributed by atoms with Crippen molar-refractivity contribution in [2.75, 3.05) is 27.2 Å². The quantitative estimate of drug-likeness (QED) is 0.722. The first-order valence-electron chi connectivity index (χ1n) is 7.12. The van der Waals surface area contributed by atoms with Crippen molar-refractivity contribution in [2.45, 2.75) is 59.5 Å². The molecule has 0 aromatic heterocycles. The lowest BCUT2D eigenvalue weighted by Crippen LogP contribution is -2.53. The van der Waals surface area contributed by atoms with Crippen molar-refractivity contribution < 1.29 is 9.53 Å². The predicted octanol–water partition coefficient (Wildman–Crippen LogP) is 2.28. The highest BCUT2D eigenvalue weighted by molar-refractivity contribution is 5.80. The van der Waals surface area contributed by atoms with E-state index in [1.807, 2.05) is 20.9 Å². The zero-order valence-electron chi connectivity index (χ0n) is 14.0. The molecular weight excluding hydrogens is 240 g/mol. The minimum absolute atomic E-state index is 0.173. The number of rotatable bonds is 7. The maximum atomic E-state index is 12.0. The molecule has 4 nitrogen and oxygen atoms in total. The van der Waals surface area contributed by atoms with Crippen LogP contribution in [0.4, 0.5) is 0 Å². The number of nitrogens with one attached hydrogen (secondary N) is 1. The molecule has 1 N–H and O–H groups in total. The molecule has 0 aliphatic rings. The highest BCUT2D eigenvalue weighted by Crippen LogP contribution is 2.21. The Morgan fingerprint density at radius 2 is 1.84 bits per heavy atom. The van der Waals surface area contributed by atoms with Gasteiger partial charge in [-0.1, -0.05) is 20.8 Å². The van der Waals surface area contributed by atoms with Crippen LogP contribution in [0.2, 0.25) is 0 Å². The topological polar surface area (TPSA) is 41.6 Å². The normalized spacial score (nSPS) is 17.1. The molecule has 0 fully saturated rings. The monoisotopic (exact) mass is 272 g/mol. The van der Waals surface area contributed by atoms with Gasteiger partial charge in [-0.2, -0.15) is 0 Å². The second kappa shape index (κ2) is 7.25. The van der Waals surface area contributed by atoms with Gasteiger partial charge in [-0.25, -0.2) is 0 Å². The Morgan fingerprint density at radius 3 is 2.21 bits per heavy atom. The van der Waals surface area contributed by atoms with Gasteiger partial charge in [0.15, 0.2) is 0 Å². The second-order valence-corrected chi connectivity index (χ2v) is 6.83. The first-order chi connectivity index (χ1) is 8.55. The summed E-state index contributed by atoms with van der Waals surface area (Å²) in [6, 6.07) is 0.307. The van der Waals surface area contributed by atoms with Crippen molar-refractivity contribution in [3.8, 4) is 0 Å². The Hall–Kier alpha value is -0.610. The Bertz CT molecular complexity index is 286. The van der Waals surface area contributed by atoms with Crippen LogP contribution in [0.5, 0.6) is 0 Å². The Kier molecular flexibility index (Phi) is 7.01. The first-order valence-corrected chi connectivity index (χ1v) is 7.12. The summed E-state index contributed by atoms with van der Waals surface area (Å²) in [6.07, 6.45) is 0.731. The van der Waals surface area contributed by atoms with Crippen molar-refractivity contribution in [3.63, 3.8) is 0 Å². The summed E-state index contributed by atoms with van der Waals surface area (Å²) in [5.74, 6) is -0.173. The lowest BCUT2D eigenvalue weighted by Gasteiger charge is -2.36. The molecule has 0 spiro atoms. The van der Waals surface area contributed by atoms with E-state index in [0.717, 1.165) is 13.0 Å². The molecule has 0 amide bonds. The van der Waals surface area contributed by atoms with Crippen molar-refractivity contribution in [1.29, 1.82) is 0 Å². The van der Waals surface area contributed by atoms with E-state index >= 15 is 0 Å². The molecule has 0 saturated carbocycles. The Balaban J connectivity index is 4.65. The average Bonchev–Trinajstić information content (AvgIpc) is 2.26. The van der Waals surface area contributed by atoms with E-state index in [2.05, 4.69) is 45.0 Å². The maximum Gasteiger partial charge on any atom is 0.326 e. The number of ether oxygens (including phenoxy) is 1. The third-order valence-electron chi connectivity index (χ3n) is 3.46. The first kappa shape index (κ1) is 18.4. The molecule has 2 atom stereocenters. The molecule has 0 aromatic rings. The molecule has 0 aliphatic heterocycles. The minimum Gasteiger partial charge on any atom is -0.465 e.